The Balaban J connectivity index is 2.38. The van der Waals surface area contributed by atoms with Gasteiger partial charge in [0.2, 0.25) is 0 Å². The lowest BCUT2D eigenvalue weighted by Gasteiger charge is -2.32. The fraction of sp³-hybridized carbons (Fsp3) is 0.846. The Kier molecular flexibility index (Phi) is 5.44. The molecule has 18 heavy (non-hydrogen) atoms. The summed E-state index contributed by atoms with van der Waals surface area (Å²) in [5, 5.41) is 11.3. The van der Waals surface area contributed by atoms with Gasteiger partial charge < -0.3 is 15.3 Å². The van der Waals surface area contributed by atoms with Gasteiger partial charge in [-0.3, -0.25) is 4.79 Å². The van der Waals surface area contributed by atoms with Gasteiger partial charge in [-0.15, -0.1) is 0 Å². The molecular weight excluding hydrogens is 232 g/mol. The van der Waals surface area contributed by atoms with Crippen LogP contribution in [0.15, 0.2) is 0 Å². The highest BCUT2D eigenvalue weighted by Gasteiger charge is 2.36. The minimum absolute atomic E-state index is 0.0518. The fourth-order valence-electron chi connectivity index (χ4n) is 1.88. The predicted octanol–water partition coefficient (Wildman–Crippen LogP) is 2.07. The monoisotopic (exact) mass is 256 g/mol. The van der Waals surface area contributed by atoms with Gasteiger partial charge in [0.15, 0.2) is 0 Å². The molecular formula is C13H24N2O3. The van der Waals surface area contributed by atoms with Crippen LogP contribution in [-0.2, 0) is 4.79 Å². The molecule has 0 aliphatic heterocycles. The highest BCUT2D eigenvalue weighted by molar-refractivity contribution is 5.75. The molecule has 1 rings (SSSR count). The molecule has 1 unspecified atom stereocenters. The Bertz CT molecular complexity index is 301. The molecule has 1 saturated carbocycles. The van der Waals surface area contributed by atoms with Gasteiger partial charge in [0.25, 0.3) is 0 Å². The molecule has 1 aliphatic carbocycles. The van der Waals surface area contributed by atoms with E-state index in [1.54, 1.807) is 0 Å². The van der Waals surface area contributed by atoms with Gasteiger partial charge in [-0.2, -0.15) is 0 Å². The maximum absolute atomic E-state index is 12.1. The first-order valence-electron chi connectivity index (χ1n) is 6.71. The Morgan fingerprint density at radius 3 is 2.39 bits per heavy atom. The average molecular weight is 256 g/mol. The number of hydrogen-bond donors (Lipinski definition) is 2. The van der Waals surface area contributed by atoms with E-state index in [9.17, 15) is 9.59 Å². The second-order valence-electron chi connectivity index (χ2n) is 5.35. The quantitative estimate of drug-likeness (QED) is 0.685. The third-order valence-corrected chi connectivity index (χ3v) is 3.42. The molecule has 0 aromatic carbocycles. The van der Waals surface area contributed by atoms with Gasteiger partial charge in [0, 0.05) is 25.0 Å². The van der Waals surface area contributed by atoms with Gasteiger partial charge >= 0.3 is 12.0 Å². The first-order valence-corrected chi connectivity index (χ1v) is 6.71. The molecule has 0 aromatic rings. The first-order chi connectivity index (χ1) is 8.43. The second-order valence-corrected chi connectivity index (χ2v) is 5.35. The van der Waals surface area contributed by atoms with Crippen LogP contribution in [0.2, 0.25) is 0 Å². The molecule has 2 N–H and O–H groups in total. The zero-order valence-corrected chi connectivity index (χ0v) is 11.5. The van der Waals surface area contributed by atoms with Crippen LogP contribution in [0, 0.1) is 5.92 Å². The zero-order chi connectivity index (χ0) is 13.7. The molecule has 0 radical (unpaired) electrons. The third kappa shape index (κ3) is 4.55. The summed E-state index contributed by atoms with van der Waals surface area (Å²) < 4.78 is 0. The number of hydrogen-bond acceptors (Lipinski definition) is 2. The SMILES string of the molecule is CC(C)C(C)N(C(=O)NCCCC(=O)O)C1CC1. The van der Waals surface area contributed by atoms with Gasteiger partial charge in [0.05, 0.1) is 0 Å². The zero-order valence-electron chi connectivity index (χ0n) is 11.5. The Morgan fingerprint density at radius 2 is 1.94 bits per heavy atom. The second kappa shape index (κ2) is 6.61. The number of carbonyl (C=O) groups is 2. The number of carboxylic acid groups (broad SMARTS) is 1. The molecule has 1 atom stereocenters. The van der Waals surface area contributed by atoms with Crippen molar-refractivity contribution in [3.63, 3.8) is 0 Å². The summed E-state index contributed by atoms with van der Waals surface area (Å²) in [5.74, 6) is -0.394. The lowest BCUT2D eigenvalue weighted by molar-refractivity contribution is -0.137. The van der Waals surface area contributed by atoms with E-state index in [1.807, 2.05) is 4.90 Å². The molecule has 104 valence electrons. The van der Waals surface area contributed by atoms with E-state index in [-0.39, 0.29) is 18.5 Å². The van der Waals surface area contributed by atoms with Crippen molar-refractivity contribution in [1.82, 2.24) is 10.2 Å². The molecule has 5 nitrogen and oxygen atoms in total. The topological polar surface area (TPSA) is 69.6 Å². The molecule has 0 saturated heterocycles. The van der Waals surface area contributed by atoms with Crippen molar-refractivity contribution in [3.05, 3.63) is 0 Å². The van der Waals surface area contributed by atoms with Crippen LogP contribution in [0.3, 0.4) is 0 Å². The van der Waals surface area contributed by atoms with Crippen molar-refractivity contribution >= 4 is 12.0 Å². The summed E-state index contributed by atoms with van der Waals surface area (Å²) in [6.07, 6.45) is 2.75. The van der Waals surface area contributed by atoms with Crippen molar-refractivity contribution in [3.8, 4) is 0 Å². The molecule has 0 aromatic heterocycles. The van der Waals surface area contributed by atoms with E-state index in [4.69, 9.17) is 5.11 Å². The highest BCUT2D eigenvalue weighted by atomic mass is 16.4. The molecule has 1 aliphatic rings. The third-order valence-electron chi connectivity index (χ3n) is 3.42. The highest BCUT2D eigenvalue weighted by Crippen LogP contribution is 2.30. The van der Waals surface area contributed by atoms with Crippen LogP contribution in [-0.4, -0.2) is 40.6 Å². The van der Waals surface area contributed by atoms with Crippen molar-refractivity contribution in [1.29, 1.82) is 0 Å². The minimum Gasteiger partial charge on any atom is -0.481 e. The summed E-state index contributed by atoms with van der Waals surface area (Å²) in [6.45, 7) is 6.72. The van der Waals surface area contributed by atoms with Crippen molar-refractivity contribution in [2.24, 2.45) is 5.92 Å². The van der Waals surface area contributed by atoms with E-state index in [0.717, 1.165) is 12.8 Å². The molecule has 0 heterocycles. The fourth-order valence-corrected chi connectivity index (χ4v) is 1.88. The number of rotatable bonds is 7. The summed E-state index contributed by atoms with van der Waals surface area (Å²) in [7, 11) is 0. The number of aliphatic carboxylic acids is 1. The standard InChI is InChI=1S/C13H24N2O3/c1-9(2)10(3)15(11-6-7-11)13(18)14-8-4-5-12(16)17/h9-11H,4-8H2,1-3H3,(H,14,18)(H,16,17). The number of urea groups is 1. The van der Waals surface area contributed by atoms with Crippen molar-refractivity contribution in [2.75, 3.05) is 6.54 Å². The Morgan fingerprint density at radius 1 is 1.33 bits per heavy atom. The van der Waals surface area contributed by atoms with Gasteiger partial charge in [-0.1, -0.05) is 13.8 Å². The summed E-state index contributed by atoms with van der Waals surface area (Å²) >= 11 is 0. The van der Waals surface area contributed by atoms with E-state index >= 15 is 0 Å². The summed E-state index contributed by atoms with van der Waals surface area (Å²) in [4.78, 5) is 24.4. The predicted molar refractivity (Wildman–Crippen MR) is 69.4 cm³/mol. The lowest BCUT2D eigenvalue weighted by atomic mass is 10.0. The average Bonchev–Trinajstić information content (AvgIpc) is 3.08. The largest absolute Gasteiger partial charge is 0.481 e. The number of carboxylic acids is 1. The summed E-state index contributed by atoms with van der Waals surface area (Å²) in [6, 6.07) is 0.544. The van der Waals surface area contributed by atoms with E-state index in [2.05, 4.69) is 26.1 Å². The van der Waals surface area contributed by atoms with Crippen LogP contribution >= 0.6 is 0 Å². The van der Waals surface area contributed by atoms with Crippen molar-refractivity contribution in [2.45, 2.75) is 58.5 Å². The summed E-state index contributed by atoms with van der Waals surface area (Å²) in [5.41, 5.74) is 0. The lowest BCUT2D eigenvalue weighted by Crippen LogP contribution is -2.48. The number of amides is 2. The van der Waals surface area contributed by atoms with Gasteiger partial charge in [0.1, 0.15) is 0 Å². The van der Waals surface area contributed by atoms with Gasteiger partial charge in [-0.05, 0) is 32.1 Å². The van der Waals surface area contributed by atoms with Crippen molar-refractivity contribution < 1.29 is 14.7 Å². The Labute approximate surface area is 109 Å². The van der Waals surface area contributed by atoms with E-state index in [0.29, 0.717) is 24.9 Å². The van der Waals surface area contributed by atoms with Crippen LogP contribution in [0.4, 0.5) is 4.79 Å². The van der Waals surface area contributed by atoms with Crippen LogP contribution in [0.1, 0.15) is 46.5 Å². The molecule has 2 amide bonds. The maximum Gasteiger partial charge on any atom is 0.317 e. The van der Waals surface area contributed by atoms with Crippen LogP contribution in [0.25, 0.3) is 0 Å². The van der Waals surface area contributed by atoms with Crippen LogP contribution in [0.5, 0.6) is 0 Å². The normalized spacial score (nSPS) is 16.4. The maximum atomic E-state index is 12.1. The molecule has 0 bridgehead atoms. The molecule has 5 heteroatoms. The number of nitrogens with one attached hydrogen (secondary N) is 1. The van der Waals surface area contributed by atoms with Gasteiger partial charge in [-0.25, -0.2) is 4.79 Å². The number of carbonyl (C=O) groups excluding carboxylic acids is 1. The Hall–Kier alpha value is -1.26. The molecule has 0 spiro atoms. The molecule has 1 fully saturated rings. The van der Waals surface area contributed by atoms with Crippen LogP contribution < -0.4 is 5.32 Å². The first kappa shape index (κ1) is 14.8. The van der Waals surface area contributed by atoms with E-state index in [1.165, 1.54) is 0 Å². The minimum atomic E-state index is -0.821. The number of nitrogens with zero attached hydrogens (tertiary/aromatic N) is 1. The smallest absolute Gasteiger partial charge is 0.317 e. The van der Waals surface area contributed by atoms with E-state index < -0.39 is 5.97 Å².